The number of carbonyl (C=O) groups excluding carboxylic acids is 4. The van der Waals surface area contributed by atoms with E-state index in [-0.39, 0.29) is 42.5 Å². The third-order valence-electron chi connectivity index (χ3n) is 4.83. The zero-order valence-electron chi connectivity index (χ0n) is 14.6. The van der Waals surface area contributed by atoms with Crippen LogP contribution < -0.4 is 16.4 Å². The van der Waals surface area contributed by atoms with Gasteiger partial charge in [-0.15, -0.1) is 0 Å². The summed E-state index contributed by atoms with van der Waals surface area (Å²) in [5.74, 6) is -1.60. The van der Waals surface area contributed by atoms with Gasteiger partial charge in [0.05, 0.1) is 16.9 Å². The average Bonchev–Trinajstić information content (AvgIpc) is 3.02. The quantitative estimate of drug-likeness (QED) is 0.504. The number of nitrogens with one attached hydrogen (secondary N) is 2. The Balaban J connectivity index is 1.58. The minimum absolute atomic E-state index is 0.129. The van der Waals surface area contributed by atoms with Crippen LogP contribution in [0.4, 0.5) is 11.4 Å². The summed E-state index contributed by atoms with van der Waals surface area (Å²) in [4.78, 5) is 57.5. The number of amides is 4. The van der Waals surface area contributed by atoms with Crippen LogP contribution in [0.1, 0.15) is 39.1 Å². The van der Waals surface area contributed by atoms with Crippen LogP contribution in [-0.4, -0.2) is 44.5 Å². The highest BCUT2D eigenvalue weighted by Gasteiger charge is 2.40. The summed E-state index contributed by atoms with van der Waals surface area (Å²) in [6.07, 6.45) is 4.50. The highest BCUT2D eigenvalue weighted by atomic mass is 16.2. The van der Waals surface area contributed by atoms with Crippen LogP contribution in [0.5, 0.6) is 0 Å². The molecule has 1 fully saturated rings. The van der Waals surface area contributed by atoms with Crippen LogP contribution in [0.3, 0.4) is 0 Å². The van der Waals surface area contributed by atoms with E-state index < -0.39 is 17.9 Å². The van der Waals surface area contributed by atoms with E-state index in [0.717, 1.165) is 0 Å². The Bertz CT molecular complexity index is 1010. The largest absolute Gasteiger partial charge is 0.397 e. The first kappa shape index (κ1) is 17.6. The predicted molar refractivity (Wildman–Crippen MR) is 96.9 cm³/mol. The minimum atomic E-state index is -0.725. The van der Waals surface area contributed by atoms with E-state index in [4.69, 9.17) is 5.73 Å². The van der Waals surface area contributed by atoms with Crippen LogP contribution in [0.15, 0.2) is 30.9 Å². The van der Waals surface area contributed by atoms with Crippen molar-refractivity contribution >= 4 is 35.0 Å². The topological polar surface area (TPSA) is 147 Å². The molecule has 3 heterocycles. The molecule has 10 heteroatoms. The van der Waals surface area contributed by atoms with Gasteiger partial charge in [0.15, 0.2) is 0 Å². The lowest BCUT2D eigenvalue weighted by atomic mass is 10.0. The fraction of sp³-hybridized carbons (Fsp3) is 0.222. The summed E-state index contributed by atoms with van der Waals surface area (Å²) in [5, 5.41) is 4.93. The number of nitrogens with zero attached hydrogens (tertiary/aromatic N) is 3. The van der Waals surface area contributed by atoms with Crippen molar-refractivity contribution in [2.24, 2.45) is 0 Å². The maximum absolute atomic E-state index is 12.7. The van der Waals surface area contributed by atoms with Crippen molar-refractivity contribution in [3.8, 4) is 0 Å². The van der Waals surface area contributed by atoms with E-state index in [1.165, 1.54) is 23.6 Å². The third-order valence-corrected chi connectivity index (χ3v) is 4.83. The summed E-state index contributed by atoms with van der Waals surface area (Å²) in [6.45, 7) is 0.129. The predicted octanol–water partition coefficient (Wildman–Crippen LogP) is 0.0721. The molecular formula is C18H16N6O4. The first-order valence-corrected chi connectivity index (χ1v) is 8.58. The second-order valence-electron chi connectivity index (χ2n) is 6.53. The van der Waals surface area contributed by atoms with Gasteiger partial charge in [-0.25, -0.2) is 9.97 Å². The Kier molecular flexibility index (Phi) is 4.22. The van der Waals surface area contributed by atoms with Gasteiger partial charge < -0.3 is 16.0 Å². The van der Waals surface area contributed by atoms with E-state index in [1.54, 1.807) is 12.1 Å². The fourth-order valence-electron chi connectivity index (χ4n) is 3.38. The van der Waals surface area contributed by atoms with Gasteiger partial charge in [-0.05, 0) is 18.6 Å². The second kappa shape index (κ2) is 6.72. The maximum atomic E-state index is 12.7. The standard InChI is InChI=1S/C18H16N6O4/c19-15-11-7-24(13-3-4-14(25)23-17(13)27)18(28)10(11)1-2-12(15)22-16(26)9-5-20-8-21-6-9/h1-2,5-6,8,13H,3-4,7,19H2,(H,22,26)(H,23,25,27). The van der Waals surface area contributed by atoms with Crippen molar-refractivity contribution < 1.29 is 19.2 Å². The molecule has 2 aromatic rings. The number of hydrogen-bond donors (Lipinski definition) is 3. The summed E-state index contributed by atoms with van der Waals surface area (Å²) < 4.78 is 0. The zero-order valence-corrected chi connectivity index (χ0v) is 14.6. The molecule has 142 valence electrons. The highest BCUT2D eigenvalue weighted by Crippen LogP contribution is 2.35. The lowest BCUT2D eigenvalue weighted by Crippen LogP contribution is -2.52. The summed E-state index contributed by atoms with van der Waals surface area (Å²) >= 11 is 0. The molecule has 1 atom stereocenters. The van der Waals surface area contributed by atoms with Crippen molar-refractivity contribution in [3.63, 3.8) is 0 Å². The zero-order chi connectivity index (χ0) is 19.8. The van der Waals surface area contributed by atoms with E-state index in [9.17, 15) is 19.2 Å². The molecule has 1 saturated heterocycles. The first-order chi connectivity index (χ1) is 13.5. The number of hydrogen-bond acceptors (Lipinski definition) is 7. The van der Waals surface area contributed by atoms with Crippen molar-refractivity contribution in [2.45, 2.75) is 25.4 Å². The number of fused-ring (bicyclic) bond motifs is 1. The molecule has 4 N–H and O–H groups in total. The van der Waals surface area contributed by atoms with Crippen LogP contribution in [0.25, 0.3) is 0 Å². The number of nitrogens with two attached hydrogens (primary N) is 1. The Labute approximate surface area is 159 Å². The van der Waals surface area contributed by atoms with Gasteiger partial charge in [0, 0.05) is 36.5 Å². The van der Waals surface area contributed by atoms with Crippen LogP contribution in [-0.2, 0) is 16.1 Å². The van der Waals surface area contributed by atoms with Gasteiger partial charge in [0.2, 0.25) is 11.8 Å². The molecule has 0 radical (unpaired) electrons. The molecular weight excluding hydrogens is 364 g/mol. The molecule has 0 aliphatic carbocycles. The number of carbonyl (C=O) groups is 4. The van der Waals surface area contributed by atoms with Crippen molar-refractivity contribution in [2.75, 3.05) is 11.1 Å². The Hall–Kier alpha value is -3.82. The maximum Gasteiger partial charge on any atom is 0.258 e. The van der Waals surface area contributed by atoms with E-state index >= 15 is 0 Å². The van der Waals surface area contributed by atoms with Crippen LogP contribution in [0.2, 0.25) is 0 Å². The molecule has 2 aliphatic rings. The number of imide groups is 1. The number of benzene rings is 1. The monoisotopic (exact) mass is 380 g/mol. The molecule has 4 rings (SSSR count). The summed E-state index contributed by atoms with van der Waals surface area (Å²) in [5.41, 5.74) is 7.98. The molecule has 2 aliphatic heterocycles. The molecule has 0 spiro atoms. The number of piperidine rings is 1. The fourth-order valence-corrected chi connectivity index (χ4v) is 3.38. The SMILES string of the molecule is Nc1c(NC(=O)c2cncnc2)ccc2c1CN(C1CCC(=O)NC1=O)C2=O. The lowest BCUT2D eigenvalue weighted by molar-refractivity contribution is -0.136. The number of rotatable bonds is 3. The number of nitrogen functional groups attached to an aromatic ring is 1. The summed E-state index contributed by atoms with van der Waals surface area (Å²) in [6, 6.07) is 2.38. The number of aromatic nitrogens is 2. The van der Waals surface area contributed by atoms with Gasteiger partial charge in [-0.2, -0.15) is 0 Å². The molecule has 0 bridgehead atoms. The molecule has 0 saturated carbocycles. The average molecular weight is 380 g/mol. The van der Waals surface area contributed by atoms with E-state index in [2.05, 4.69) is 20.6 Å². The van der Waals surface area contributed by atoms with Gasteiger partial charge >= 0.3 is 0 Å². The van der Waals surface area contributed by atoms with Crippen molar-refractivity contribution in [1.82, 2.24) is 20.2 Å². The number of anilines is 2. The molecule has 4 amide bonds. The Morgan fingerprint density at radius 3 is 2.68 bits per heavy atom. The molecule has 1 aromatic carbocycles. The van der Waals surface area contributed by atoms with Crippen molar-refractivity contribution in [3.05, 3.63) is 47.5 Å². The van der Waals surface area contributed by atoms with Crippen LogP contribution >= 0.6 is 0 Å². The van der Waals surface area contributed by atoms with Gasteiger partial charge in [-0.1, -0.05) is 0 Å². The van der Waals surface area contributed by atoms with Gasteiger partial charge in [0.1, 0.15) is 12.4 Å². The first-order valence-electron chi connectivity index (χ1n) is 8.58. The highest BCUT2D eigenvalue weighted by molar-refractivity contribution is 6.09. The van der Waals surface area contributed by atoms with Gasteiger partial charge in [-0.3, -0.25) is 24.5 Å². The molecule has 28 heavy (non-hydrogen) atoms. The normalized spacial score (nSPS) is 18.6. The molecule has 10 nitrogen and oxygen atoms in total. The molecule has 1 aromatic heterocycles. The van der Waals surface area contributed by atoms with Crippen molar-refractivity contribution in [1.29, 1.82) is 0 Å². The van der Waals surface area contributed by atoms with Crippen LogP contribution in [0, 0.1) is 0 Å². The van der Waals surface area contributed by atoms with E-state index in [0.29, 0.717) is 16.8 Å². The van der Waals surface area contributed by atoms with E-state index in [1.807, 2.05) is 0 Å². The Morgan fingerprint density at radius 1 is 1.21 bits per heavy atom. The minimum Gasteiger partial charge on any atom is -0.397 e. The second-order valence-corrected chi connectivity index (χ2v) is 6.53. The summed E-state index contributed by atoms with van der Waals surface area (Å²) in [7, 11) is 0. The molecule has 1 unspecified atom stereocenters. The third kappa shape index (κ3) is 2.94. The van der Waals surface area contributed by atoms with Gasteiger partial charge in [0.25, 0.3) is 11.8 Å². The Morgan fingerprint density at radius 2 is 1.96 bits per heavy atom. The lowest BCUT2D eigenvalue weighted by Gasteiger charge is -2.29. The smallest absolute Gasteiger partial charge is 0.258 e.